The molecule has 11 heteroatoms. The predicted octanol–water partition coefficient (Wildman–Crippen LogP) is 10.6. The molecule has 1 heterocycles. The molecule has 61 heavy (non-hydrogen) atoms. The zero-order valence-corrected chi connectivity index (χ0v) is 35.1. The number of hydrogen-bond acceptors (Lipinski definition) is 11. The van der Waals surface area contributed by atoms with Gasteiger partial charge in [-0.05, 0) is 109 Å². The summed E-state index contributed by atoms with van der Waals surface area (Å²) in [6.07, 6.45) is 9.54. The lowest BCUT2D eigenvalue weighted by molar-refractivity contribution is 0.0877. The third-order valence-electron chi connectivity index (χ3n) is 11.3. The van der Waals surface area contributed by atoms with Crippen LogP contribution in [0.15, 0.2) is 110 Å². The van der Waals surface area contributed by atoms with Crippen molar-refractivity contribution in [1.82, 2.24) is 0 Å². The molecule has 0 radical (unpaired) electrons. The van der Waals surface area contributed by atoms with Gasteiger partial charge in [0.05, 0.1) is 11.1 Å². The quantitative estimate of drug-likeness (QED) is 0.0438. The van der Waals surface area contributed by atoms with E-state index in [4.69, 9.17) is 4.42 Å². The van der Waals surface area contributed by atoms with Gasteiger partial charge < -0.3 is 45.3 Å². The van der Waals surface area contributed by atoms with Gasteiger partial charge in [-0.15, -0.1) is 0 Å². The first-order chi connectivity index (χ1) is 28.9. The van der Waals surface area contributed by atoms with Crippen LogP contribution in [0.1, 0.15) is 105 Å². The molecule has 6 rings (SSSR count). The first-order valence-corrected chi connectivity index (χ1v) is 20.1. The number of benzene rings is 4. The first-order valence-electron chi connectivity index (χ1n) is 20.1. The van der Waals surface area contributed by atoms with Crippen molar-refractivity contribution in [2.45, 2.75) is 85.5 Å². The average molecular weight is 829 g/mol. The van der Waals surface area contributed by atoms with Crippen LogP contribution in [0.5, 0.6) is 46.0 Å². The number of ketones is 1. The lowest BCUT2D eigenvalue weighted by atomic mass is 9.65. The minimum absolute atomic E-state index is 0.0329. The van der Waals surface area contributed by atoms with Crippen molar-refractivity contribution in [3.8, 4) is 57.3 Å². The summed E-state index contributed by atoms with van der Waals surface area (Å²) in [6.45, 7) is 11.5. The van der Waals surface area contributed by atoms with Crippen LogP contribution < -0.4 is 5.43 Å². The highest BCUT2D eigenvalue weighted by Crippen LogP contribution is 2.53. The number of carbonyl (C=O) groups excluding carboxylic acids is 1. The van der Waals surface area contributed by atoms with E-state index in [9.17, 15) is 45.6 Å². The molecule has 0 saturated heterocycles. The summed E-state index contributed by atoms with van der Waals surface area (Å²) in [5, 5.41) is 87.9. The van der Waals surface area contributed by atoms with Crippen LogP contribution in [0.3, 0.4) is 0 Å². The Morgan fingerprint density at radius 2 is 1.38 bits per heavy atom. The number of hydrogen-bond donors (Lipinski definition) is 8. The molecule has 0 aliphatic heterocycles. The summed E-state index contributed by atoms with van der Waals surface area (Å²) >= 11 is 0. The van der Waals surface area contributed by atoms with Gasteiger partial charge in [-0.1, -0.05) is 52.7 Å². The summed E-state index contributed by atoms with van der Waals surface area (Å²) in [7, 11) is 0. The monoisotopic (exact) mass is 828 g/mol. The Hall–Kier alpha value is -6.88. The fraction of sp³-hybridized carbons (Fsp3) is 0.280. The number of allylic oxidation sites excluding steroid dienone is 8. The van der Waals surface area contributed by atoms with Gasteiger partial charge in [0.15, 0.2) is 5.78 Å². The van der Waals surface area contributed by atoms with Crippen molar-refractivity contribution >= 4 is 16.8 Å². The molecule has 11 nitrogen and oxygen atoms in total. The van der Waals surface area contributed by atoms with Gasteiger partial charge >= 0.3 is 0 Å². The molecule has 0 saturated carbocycles. The molecule has 1 aliphatic carbocycles. The van der Waals surface area contributed by atoms with Gasteiger partial charge in [-0.3, -0.25) is 9.59 Å². The maximum atomic E-state index is 15.2. The highest BCUT2D eigenvalue weighted by atomic mass is 16.3. The van der Waals surface area contributed by atoms with Crippen LogP contribution in [-0.4, -0.2) is 46.6 Å². The molecule has 8 N–H and O–H groups in total. The van der Waals surface area contributed by atoms with Crippen molar-refractivity contribution in [2.75, 3.05) is 0 Å². The second-order valence-corrected chi connectivity index (χ2v) is 16.5. The zero-order valence-electron chi connectivity index (χ0n) is 35.1. The fourth-order valence-electron chi connectivity index (χ4n) is 8.23. The van der Waals surface area contributed by atoms with E-state index in [-0.39, 0.29) is 86.8 Å². The standard InChI is InChI=1S/C50H52O11/c1-25(2)8-7-9-27(5)11-15-34-47(59)46-43(58)24-42(57)45(50(46)61-49(34)33-17-14-31(52)22-40(33)55)37-19-28(6)18-35(32-16-13-30(51)21-39(32)54)44(37)48(60)36-20-29(12-10-26(3)4)38(53)23-41(36)56/h8,10-11,13-14,16-17,19-24,35,37,44,51-58H,7,9,12,15,18H2,1-6H3/b27-11+/t35-,37-,44-/m1/s1. The Morgan fingerprint density at radius 1 is 0.721 bits per heavy atom. The van der Waals surface area contributed by atoms with E-state index in [0.717, 1.165) is 47.4 Å². The third-order valence-corrected chi connectivity index (χ3v) is 11.3. The van der Waals surface area contributed by atoms with Crippen molar-refractivity contribution < 1.29 is 50.1 Å². The van der Waals surface area contributed by atoms with Crippen molar-refractivity contribution in [3.05, 3.63) is 139 Å². The summed E-state index contributed by atoms with van der Waals surface area (Å²) in [5.74, 6) is -7.00. The van der Waals surface area contributed by atoms with Gasteiger partial charge in [0.1, 0.15) is 62.7 Å². The van der Waals surface area contributed by atoms with Gasteiger partial charge in [0.25, 0.3) is 0 Å². The van der Waals surface area contributed by atoms with E-state index in [1.807, 2.05) is 46.8 Å². The largest absolute Gasteiger partial charge is 0.508 e. The van der Waals surface area contributed by atoms with Gasteiger partial charge in [-0.2, -0.15) is 0 Å². The van der Waals surface area contributed by atoms with E-state index in [1.54, 1.807) is 13.0 Å². The SMILES string of the molecule is CC(C)=CCC/C(C)=C/Cc1c(-c2ccc(O)cc2O)oc2c([C@@H]3C=C(C)C[C@H](c4ccc(O)cc4O)[C@H]3C(=O)c3cc(CC=C(C)C)c(O)cc3O)c(O)cc(O)c2c1=O. The Morgan fingerprint density at radius 3 is 2.03 bits per heavy atom. The predicted molar refractivity (Wildman–Crippen MR) is 235 cm³/mol. The lowest BCUT2D eigenvalue weighted by Gasteiger charge is -2.37. The van der Waals surface area contributed by atoms with Gasteiger partial charge in [0.2, 0.25) is 5.43 Å². The van der Waals surface area contributed by atoms with Crippen LogP contribution in [0.25, 0.3) is 22.3 Å². The molecule has 0 fully saturated rings. The highest BCUT2D eigenvalue weighted by Gasteiger charge is 2.44. The molecule has 1 aliphatic rings. The third kappa shape index (κ3) is 9.16. The Bertz CT molecular complexity index is 2720. The number of carbonyl (C=O) groups is 1. The molecular weight excluding hydrogens is 777 g/mol. The molecule has 0 amide bonds. The topological polar surface area (TPSA) is 209 Å². The smallest absolute Gasteiger partial charge is 0.200 e. The van der Waals surface area contributed by atoms with E-state index in [1.165, 1.54) is 35.9 Å². The molecule has 318 valence electrons. The van der Waals surface area contributed by atoms with Gasteiger partial charge in [-0.25, -0.2) is 0 Å². The van der Waals surface area contributed by atoms with Crippen LogP contribution in [0, 0.1) is 5.92 Å². The van der Waals surface area contributed by atoms with Crippen LogP contribution in [0.4, 0.5) is 0 Å². The fourth-order valence-corrected chi connectivity index (χ4v) is 8.23. The minimum Gasteiger partial charge on any atom is -0.508 e. The number of phenols is 8. The normalized spacial score (nSPS) is 16.6. The van der Waals surface area contributed by atoms with Crippen LogP contribution >= 0.6 is 0 Å². The number of aromatic hydroxyl groups is 8. The molecule has 5 aromatic rings. The van der Waals surface area contributed by atoms with Crippen molar-refractivity contribution in [3.63, 3.8) is 0 Å². The summed E-state index contributed by atoms with van der Waals surface area (Å²) in [4.78, 5) is 30.0. The van der Waals surface area contributed by atoms with Crippen LogP contribution in [-0.2, 0) is 12.8 Å². The van der Waals surface area contributed by atoms with Crippen molar-refractivity contribution in [2.24, 2.45) is 5.92 Å². The maximum Gasteiger partial charge on any atom is 0.200 e. The highest BCUT2D eigenvalue weighted by molar-refractivity contribution is 6.03. The average Bonchev–Trinajstić information content (AvgIpc) is 3.16. The number of Topliss-reactive ketones (excluding diaryl/α,β-unsaturated/α-hetero) is 1. The molecule has 0 unspecified atom stereocenters. The van der Waals surface area contributed by atoms with E-state index in [0.29, 0.717) is 12.0 Å². The molecule has 1 aromatic heterocycles. The van der Waals surface area contributed by atoms with Gasteiger partial charge in [0, 0.05) is 53.1 Å². The van der Waals surface area contributed by atoms with Crippen molar-refractivity contribution in [1.29, 1.82) is 0 Å². The first kappa shape index (κ1) is 43.7. The Balaban J connectivity index is 1.65. The number of rotatable bonds is 12. The molecule has 4 aromatic carbocycles. The minimum atomic E-state index is -1.24. The lowest BCUT2D eigenvalue weighted by Crippen LogP contribution is -2.32. The van der Waals surface area contributed by atoms with E-state index < -0.39 is 52.0 Å². The summed E-state index contributed by atoms with van der Waals surface area (Å²) in [5.41, 5.74) is 3.44. The Labute approximate surface area is 353 Å². The molecular formula is C50H52O11. The maximum absolute atomic E-state index is 15.2. The van der Waals surface area contributed by atoms with E-state index in [2.05, 4.69) is 6.08 Å². The summed E-state index contributed by atoms with van der Waals surface area (Å²) < 4.78 is 6.62. The second-order valence-electron chi connectivity index (χ2n) is 16.5. The zero-order chi connectivity index (χ0) is 44.4. The molecule has 0 spiro atoms. The number of fused-ring (bicyclic) bond motifs is 1. The molecule has 3 atom stereocenters. The van der Waals surface area contributed by atoms with E-state index >= 15 is 4.79 Å². The summed E-state index contributed by atoms with van der Waals surface area (Å²) in [6, 6.07) is 11.3. The number of phenolic OH excluding ortho intramolecular Hbond substituents is 8. The van der Waals surface area contributed by atoms with Crippen LogP contribution in [0.2, 0.25) is 0 Å². The molecule has 0 bridgehead atoms. The Kier molecular flexibility index (Phi) is 12.7. The second kappa shape index (κ2) is 17.8.